The maximum absolute atomic E-state index is 12.5. The number of aryl methyl sites for hydroxylation is 6. The molecular weight excluding hydrogens is 1400 g/mol. The van der Waals surface area contributed by atoms with Crippen LogP contribution in [0.3, 0.4) is 0 Å². The smallest absolute Gasteiger partial charge is 0.259 e. The van der Waals surface area contributed by atoms with Crippen LogP contribution in [0.4, 0.5) is 46.7 Å². The summed E-state index contributed by atoms with van der Waals surface area (Å²) in [6.07, 6.45) is 15.0. The Morgan fingerprint density at radius 3 is 1.58 bits per heavy atom. The van der Waals surface area contributed by atoms with Crippen molar-refractivity contribution < 1.29 is 9.59 Å². The molecule has 0 aliphatic heterocycles. The zero-order valence-corrected chi connectivity index (χ0v) is 61.9. The second-order valence-electron chi connectivity index (χ2n) is 24.0. The summed E-state index contributed by atoms with van der Waals surface area (Å²) in [5.41, 5.74) is 17.3. The van der Waals surface area contributed by atoms with Gasteiger partial charge in [-0.1, -0.05) is 98.0 Å². The van der Waals surface area contributed by atoms with Crippen molar-refractivity contribution in [3.8, 4) is 16.9 Å². The lowest BCUT2D eigenvalue weighted by atomic mass is 10.1. The summed E-state index contributed by atoms with van der Waals surface area (Å²) in [5.74, 6) is 4.09. The van der Waals surface area contributed by atoms with Crippen LogP contribution in [0.25, 0.3) is 16.9 Å². The molecule has 23 nitrogen and oxygen atoms in total. The predicted molar refractivity (Wildman–Crippen MR) is 421 cm³/mol. The molecule has 1 aliphatic rings. The van der Waals surface area contributed by atoms with Crippen molar-refractivity contribution in [2.24, 2.45) is 0 Å². The number of aromatic nitrogens is 14. The monoisotopic (exact) mass is 1480 g/mol. The number of nitrogens with one attached hydrogen (secondary N) is 7. The molecular formula is C78H81Cl4N21O2. The first kappa shape index (κ1) is 77.9. The number of carbonyl (C=O) groups excluding carboxylic acids is 2. The standard InChI is InChI=1S/C21H20ClN5.C20H19ClN4O.C19H18ClN5O.C17H20ClN7.CH4/c1-12-6-14-9-19(24-11-15(14)7-12)17-10-16(4-5-18(17)22)26-21-25-13(2)8-20(23-3)27-21;1-3-15-10-13(2)23-19(24-15)12-14-7-8-17(21)16(11-14)20(26)25-18-6-4-5-9-22-18;1-3-14-9-12(2)23-17(24-14)11-13-5-6-16(20)15(10-13)18(26)25-19-21-7-4-8-22-19;1-11-6-16(20-3)24-17(22-11)23-13-4-5-14(18)15(7-13)25-10-12(8-19-2)9-21-25;/h4-5,8-11H,1,6-7H2,2-3H3,(H2,23,25,26,27);4-11H,3,12H2,1-2H3,(H,22,25,26);4-10H,3,11H2,1-2H3,(H,21,22,25,26);4-7,9-10,19H,8H2,1-3H3,(H2,20,22,23,24);1H4. The molecule has 0 spiro atoms. The van der Waals surface area contributed by atoms with Crippen LogP contribution in [-0.4, -0.2) is 103 Å². The molecule has 27 heteroatoms. The van der Waals surface area contributed by atoms with Crippen molar-refractivity contribution in [1.29, 1.82) is 0 Å². The molecule has 0 atom stereocenters. The van der Waals surface area contributed by atoms with E-state index in [2.05, 4.69) is 129 Å². The number of carbonyl (C=O) groups is 2. The number of amides is 2. The van der Waals surface area contributed by atoms with Gasteiger partial charge in [0.2, 0.25) is 17.8 Å². The zero-order chi connectivity index (χ0) is 73.8. The van der Waals surface area contributed by atoms with Crippen LogP contribution >= 0.6 is 46.4 Å². The second-order valence-corrected chi connectivity index (χ2v) is 25.7. The van der Waals surface area contributed by atoms with Crippen LogP contribution in [0.5, 0.6) is 0 Å². The molecule has 2 amide bonds. The predicted octanol–water partition coefficient (Wildman–Crippen LogP) is 16.6. The van der Waals surface area contributed by atoms with Gasteiger partial charge >= 0.3 is 0 Å². The van der Waals surface area contributed by atoms with Gasteiger partial charge in [-0.2, -0.15) is 15.1 Å². The fraction of sp³-hybridized carbons (Fsp3) is 0.218. The zero-order valence-electron chi connectivity index (χ0n) is 58.8. The molecule has 0 saturated heterocycles. The molecule has 13 rings (SSSR count). The number of benzene rings is 4. The highest BCUT2D eigenvalue weighted by atomic mass is 35.5. The Kier molecular flexibility index (Phi) is 27.7. The third-order valence-corrected chi connectivity index (χ3v) is 17.1. The summed E-state index contributed by atoms with van der Waals surface area (Å²) < 4.78 is 1.76. The molecule has 0 fully saturated rings. The first-order chi connectivity index (χ1) is 50.2. The number of halogens is 4. The van der Waals surface area contributed by atoms with E-state index < -0.39 is 0 Å². The first-order valence-corrected chi connectivity index (χ1v) is 34.8. The van der Waals surface area contributed by atoms with E-state index in [9.17, 15) is 9.59 Å². The van der Waals surface area contributed by atoms with Crippen LogP contribution in [0, 0.1) is 27.7 Å². The van der Waals surface area contributed by atoms with Gasteiger partial charge < -0.3 is 31.9 Å². The van der Waals surface area contributed by atoms with Crippen molar-refractivity contribution in [1.82, 2.24) is 74.9 Å². The second kappa shape index (κ2) is 37.3. The minimum Gasteiger partial charge on any atom is -0.373 e. The number of allylic oxidation sites excluding steroid dienone is 1. The first-order valence-electron chi connectivity index (χ1n) is 33.3. The Morgan fingerprint density at radius 1 is 0.495 bits per heavy atom. The van der Waals surface area contributed by atoms with Gasteiger partial charge in [0.05, 0.1) is 48.8 Å². The van der Waals surface area contributed by atoms with Gasteiger partial charge in [-0.15, -0.1) is 0 Å². The van der Waals surface area contributed by atoms with E-state index in [0.717, 1.165) is 135 Å². The molecule has 0 radical (unpaired) electrons. The maximum atomic E-state index is 12.5. The molecule has 8 heterocycles. The largest absolute Gasteiger partial charge is 0.373 e. The average Bonchev–Trinajstić information content (AvgIpc) is 1.74. The highest BCUT2D eigenvalue weighted by molar-refractivity contribution is 6.35. The summed E-state index contributed by atoms with van der Waals surface area (Å²) in [7, 11) is 5.56. The van der Waals surface area contributed by atoms with E-state index >= 15 is 0 Å². The number of pyridine rings is 2. The molecule has 7 N–H and O–H groups in total. The molecule has 1 aliphatic carbocycles. The van der Waals surface area contributed by atoms with E-state index in [0.29, 0.717) is 61.8 Å². The van der Waals surface area contributed by atoms with E-state index in [-0.39, 0.29) is 25.2 Å². The van der Waals surface area contributed by atoms with Crippen molar-refractivity contribution in [3.63, 3.8) is 0 Å². The van der Waals surface area contributed by atoms with E-state index in [1.54, 1.807) is 71.8 Å². The van der Waals surface area contributed by atoms with Gasteiger partial charge in [0.1, 0.15) is 29.1 Å². The van der Waals surface area contributed by atoms with Crippen LogP contribution in [0.15, 0.2) is 177 Å². The Morgan fingerprint density at radius 2 is 1.03 bits per heavy atom. The minimum absolute atomic E-state index is 0. The molecule has 8 aromatic heterocycles. The molecule has 0 bridgehead atoms. The van der Waals surface area contributed by atoms with Gasteiger partial charge in [-0.25, -0.2) is 49.5 Å². The van der Waals surface area contributed by atoms with Gasteiger partial charge in [0.15, 0.2) is 0 Å². The Labute approximate surface area is 631 Å². The van der Waals surface area contributed by atoms with Crippen molar-refractivity contribution in [2.45, 2.75) is 94.0 Å². The Balaban J connectivity index is 0.000000162. The van der Waals surface area contributed by atoms with Crippen LogP contribution in [0.2, 0.25) is 20.1 Å². The van der Waals surface area contributed by atoms with Gasteiger partial charge in [0, 0.05) is 133 Å². The third kappa shape index (κ3) is 22.2. The number of rotatable bonds is 20. The van der Waals surface area contributed by atoms with Gasteiger partial charge in [-0.3, -0.25) is 19.9 Å². The Bertz CT molecular complexity index is 4870. The third-order valence-electron chi connectivity index (χ3n) is 15.8. The summed E-state index contributed by atoms with van der Waals surface area (Å²) in [6.45, 7) is 16.7. The fourth-order valence-electron chi connectivity index (χ4n) is 10.9. The quantitative estimate of drug-likeness (QED) is 0.0349. The van der Waals surface area contributed by atoms with Crippen LogP contribution in [0.1, 0.15) is 116 Å². The van der Waals surface area contributed by atoms with Crippen molar-refractivity contribution >= 4 is 105 Å². The highest BCUT2D eigenvalue weighted by Gasteiger charge is 2.20. The van der Waals surface area contributed by atoms with E-state index in [1.807, 2.05) is 140 Å². The van der Waals surface area contributed by atoms with Crippen LogP contribution < -0.4 is 37.2 Å². The number of hydrogen-bond donors (Lipinski definition) is 7. The summed E-state index contributed by atoms with van der Waals surface area (Å²) in [4.78, 5) is 77.4. The topological polar surface area (TPSA) is 291 Å². The lowest BCUT2D eigenvalue weighted by Crippen LogP contribution is -2.15. The molecule has 105 heavy (non-hydrogen) atoms. The minimum atomic E-state index is -0.359. The normalized spacial score (nSPS) is 11.1. The summed E-state index contributed by atoms with van der Waals surface area (Å²) >= 11 is 25.2. The van der Waals surface area contributed by atoms with Gasteiger partial charge in [-0.05, 0) is 180 Å². The lowest BCUT2D eigenvalue weighted by Gasteiger charge is -2.11. The van der Waals surface area contributed by atoms with Gasteiger partial charge in [0.25, 0.3) is 11.8 Å². The SMILES string of the molecule is C.C=C1Cc2cnc(-c3cc(Nc4nc(C)cc(NC)n4)ccc3Cl)cc2C1.CCc1cc(C)nc(Cc2ccc(Cl)c(C(=O)Nc3ccccn3)c2)n1.CCc1cc(C)nc(Cc2ccc(Cl)c(C(=O)Nc3ncccn3)c2)n1.CNCc1cnn(-c2cc(Nc3nc(C)cc(NC)n3)ccc2Cl)c1. The number of nitrogens with zero attached hydrogens (tertiary/aromatic N) is 14. The average molecular weight is 1490 g/mol. The van der Waals surface area contributed by atoms with E-state index in [1.165, 1.54) is 16.7 Å². The summed E-state index contributed by atoms with van der Waals surface area (Å²) in [6, 6.07) is 38.9. The van der Waals surface area contributed by atoms with Crippen molar-refractivity contribution in [2.75, 3.05) is 53.0 Å². The molecule has 4 aromatic carbocycles. The molecule has 538 valence electrons. The lowest BCUT2D eigenvalue weighted by molar-refractivity contribution is 0.101. The Hall–Kier alpha value is -11.2. The number of anilines is 8. The molecule has 12 aromatic rings. The molecule has 0 saturated carbocycles. The summed E-state index contributed by atoms with van der Waals surface area (Å²) in [5, 5.41) is 27.4. The number of hydrogen-bond acceptors (Lipinski definition) is 20. The molecule has 0 unspecified atom stereocenters. The fourth-order valence-corrected chi connectivity index (χ4v) is 11.7. The van der Waals surface area contributed by atoms with E-state index in [4.69, 9.17) is 46.4 Å². The van der Waals surface area contributed by atoms with Crippen molar-refractivity contribution in [3.05, 3.63) is 282 Å². The number of fused-ring (bicyclic) bond motifs is 1. The van der Waals surface area contributed by atoms with Crippen LogP contribution in [-0.2, 0) is 45.1 Å². The highest BCUT2D eigenvalue weighted by Crippen LogP contribution is 2.35. The maximum Gasteiger partial charge on any atom is 0.259 e.